The maximum absolute atomic E-state index is 11.4. The molecule has 2 saturated heterocycles. The van der Waals surface area contributed by atoms with E-state index in [0.29, 0.717) is 12.5 Å². The summed E-state index contributed by atoms with van der Waals surface area (Å²) in [6, 6.07) is 0.00641. The van der Waals surface area contributed by atoms with Gasteiger partial charge in [0.1, 0.15) is 6.04 Å². The lowest BCUT2D eigenvalue weighted by molar-refractivity contribution is -0.142. The predicted molar refractivity (Wildman–Crippen MR) is 57.6 cm³/mol. The molecule has 0 bridgehead atoms. The molecule has 0 amide bonds. The van der Waals surface area contributed by atoms with Crippen LogP contribution in [0, 0.1) is 5.92 Å². The summed E-state index contributed by atoms with van der Waals surface area (Å²) in [5.41, 5.74) is 0. The second-order valence-electron chi connectivity index (χ2n) is 4.62. The number of esters is 1. The minimum absolute atomic E-state index is 0.00641. The largest absolute Gasteiger partial charge is 0.464 e. The van der Waals surface area contributed by atoms with Gasteiger partial charge < -0.3 is 10.1 Å². The summed E-state index contributed by atoms with van der Waals surface area (Å²) < 4.78 is 4.98. The van der Waals surface area contributed by atoms with Crippen molar-refractivity contribution in [3.8, 4) is 0 Å². The van der Waals surface area contributed by atoms with E-state index in [0.717, 1.165) is 26.1 Å². The van der Waals surface area contributed by atoms with Crippen LogP contribution in [0.15, 0.2) is 0 Å². The zero-order valence-electron chi connectivity index (χ0n) is 9.37. The van der Waals surface area contributed by atoms with E-state index in [1.165, 1.54) is 12.8 Å². The molecule has 0 aromatic carbocycles. The SMILES string of the molecule is CN(CC1CCCNC1)C1CCOC1=O. The average molecular weight is 212 g/mol. The highest BCUT2D eigenvalue weighted by Gasteiger charge is 2.31. The lowest BCUT2D eigenvalue weighted by atomic mass is 9.98. The molecule has 0 saturated carbocycles. The number of carbonyl (C=O) groups is 1. The summed E-state index contributed by atoms with van der Waals surface area (Å²) in [5.74, 6) is 0.651. The summed E-state index contributed by atoms with van der Waals surface area (Å²) in [4.78, 5) is 13.5. The summed E-state index contributed by atoms with van der Waals surface area (Å²) in [5, 5.41) is 3.40. The van der Waals surface area contributed by atoms with Gasteiger partial charge in [0.05, 0.1) is 6.61 Å². The highest BCUT2D eigenvalue weighted by Crippen LogP contribution is 2.17. The van der Waals surface area contributed by atoms with E-state index in [1.807, 2.05) is 7.05 Å². The van der Waals surface area contributed by atoms with E-state index in [-0.39, 0.29) is 12.0 Å². The van der Waals surface area contributed by atoms with Gasteiger partial charge in [-0.15, -0.1) is 0 Å². The first kappa shape index (κ1) is 10.9. The number of likely N-dealkylation sites (N-methyl/N-ethyl adjacent to an activating group) is 1. The van der Waals surface area contributed by atoms with Crippen molar-refractivity contribution >= 4 is 5.97 Å². The molecule has 2 unspecified atom stereocenters. The fourth-order valence-corrected chi connectivity index (χ4v) is 2.50. The second-order valence-corrected chi connectivity index (χ2v) is 4.62. The molecule has 0 aliphatic carbocycles. The Morgan fingerprint density at radius 3 is 3.00 bits per heavy atom. The number of nitrogens with zero attached hydrogens (tertiary/aromatic N) is 1. The highest BCUT2D eigenvalue weighted by molar-refractivity contribution is 5.77. The van der Waals surface area contributed by atoms with E-state index in [1.54, 1.807) is 0 Å². The van der Waals surface area contributed by atoms with Crippen molar-refractivity contribution in [1.29, 1.82) is 0 Å². The Morgan fingerprint density at radius 2 is 2.40 bits per heavy atom. The number of cyclic esters (lactones) is 1. The molecule has 15 heavy (non-hydrogen) atoms. The standard InChI is InChI=1S/C11H20N2O2/c1-13(10-4-6-15-11(10)14)8-9-3-2-5-12-7-9/h9-10,12H,2-8H2,1H3. The average Bonchev–Trinajstić information content (AvgIpc) is 2.66. The number of ether oxygens (including phenoxy) is 1. The van der Waals surface area contributed by atoms with Gasteiger partial charge in [0, 0.05) is 13.0 Å². The molecule has 1 N–H and O–H groups in total. The van der Waals surface area contributed by atoms with Gasteiger partial charge in [-0.05, 0) is 38.9 Å². The molecule has 2 aliphatic rings. The quantitative estimate of drug-likeness (QED) is 0.680. The van der Waals surface area contributed by atoms with Crippen LogP contribution in [0.4, 0.5) is 0 Å². The molecule has 0 radical (unpaired) electrons. The second kappa shape index (κ2) is 4.94. The van der Waals surface area contributed by atoms with Crippen LogP contribution in [0.5, 0.6) is 0 Å². The maximum Gasteiger partial charge on any atom is 0.323 e. The van der Waals surface area contributed by atoms with Crippen molar-refractivity contribution in [2.75, 3.05) is 33.3 Å². The van der Waals surface area contributed by atoms with Crippen LogP contribution in [0.25, 0.3) is 0 Å². The van der Waals surface area contributed by atoms with Gasteiger partial charge in [-0.3, -0.25) is 9.69 Å². The zero-order valence-corrected chi connectivity index (χ0v) is 9.37. The Hall–Kier alpha value is -0.610. The van der Waals surface area contributed by atoms with Gasteiger partial charge in [0.2, 0.25) is 0 Å². The molecular formula is C11H20N2O2. The monoisotopic (exact) mass is 212 g/mol. The molecule has 2 fully saturated rings. The van der Waals surface area contributed by atoms with E-state index in [9.17, 15) is 4.79 Å². The number of carbonyl (C=O) groups excluding carboxylic acids is 1. The minimum atomic E-state index is -0.0405. The topological polar surface area (TPSA) is 41.6 Å². The first-order valence-corrected chi connectivity index (χ1v) is 5.85. The van der Waals surface area contributed by atoms with Crippen molar-refractivity contribution in [3.05, 3.63) is 0 Å². The Bertz CT molecular complexity index is 227. The van der Waals surface area contributed by atoms with Gasteiger partial charge in [0.15, 0.2) is 0 Å². The van der Waals surface area contributed by atoms with E-state index < -0.39 is 0 Å². The van der Waals surface area contributed by atoms with Crippen LogP contribution in [-0.2, 0) is 9.53 Å². The number of hydrogen-bond donors (Lipinski definition) is 1. The molecule has 86 valence electrons. The van der Waals surface area contributed by atoms with Gasteiger partial charge in [-0.25, -0.2) is 0 Å². The van der Waals surface area contributed by atoms with Crippen LogP contribution >= 0.6 is 0 Å². The van der Waals surface area contributed by atoms with Crippen molar-refractivity contribution in [2.45, 2.75) is 25.3 Å². The first-order chi connectivity index (χ1) is 7.27. The first-order valence-electron chi connectivity index (χ1n) is 5.85. The number of hydrogen-bond acceptors (Lipinski definition) is 4. The van der Waals surface area contributed by atoms with Gasteiger partial charge in [-0.1, -0.05) is 0 Å². The number of nitrogens with one attached hydrogen (secondary N) is 1. The third-order valence-corrected chi connectivity index (χ3v) is 3.38. The molecule has 0 aromatic rings. The Labute approximate surface area is 91.0 Å². The fraction of sp³-hybridized carbons (Fsp3) is 0.909. The van der Waals surface area contributed by atoms with Crippen LogP contribution in [-0.4, -0.2) is 50.2 Å². The maximum atomic E-state index is 11.4. The van der Waals surface area contributed by atoms with Crippen LogP contribution in [0.1, 0.15) is 19.3 Å². The Morgan fingerprint density at radius 1 is 1.53 bits per heavy atom. The lowest BCUT2D eigenvalue weighted by Crippen LogP contribution is -2.42. The van der Waals surface area contributed by atoms with E-state index in [2.05, 4.69) is 10.2 Å². The summed E-state index contributed by atoms with van der Waals surface area (Å²) in [6.07, 6.45) is 3.39. The Balaban J connectivity index is 1.80. The van der Waals surface area contributed by atoms with Crippen molar-refractivity contribution in [2.24, 2.45) is 5.92 Å². The summed E-state index contributed by atoms with van der Waals surface area (Å²) >= 11 is 0. The zero-order chi connectivity index (χ0) is 10.7. The third-order valence-electron chi connectivity index (χ3n) is 3.38. The molecule has 2 atom stereocenters. The summed E-state index contributed by atoms with van der Waals surface area (Å²) in [7, 11) is 2.03. The molecule has 0 aromatic heterocycles. The predicted octanol–water partition coefficient (Wildman–Crippen LogP) is 0.233. The van der Waals surface area contributed by atoms with Gasteiger partial charge in [0.25, 0.3) is 0 Å². The normalized spacial score (nSPS) is 32.0. The minimum Gasteiger partial charge on any atom is -0.464 e. The van der Waals surface area contributed by atoms with E-state index >= 15 is 0 Å². The molecule has 4 nitrogen and oxygen atoms in total. The fourth-order valence-electron chi connectivity index (χ4n) is 2.50. The van der Waals surface area contributed by atoms with Crippen molar-refractivity contribution in [1.82, 2.24) is 10.2 Å². The van der Waals surface area contributed by atoms with Crippen LogP contribution in [0.3, 0.4) is 0 Å². The Kier molecular flexibility index (Phi) is 3.59. The molecule has 2 aliphatic heterocycles. The molecule has 2 heterocycles. The smallest absolute Gasteiger partial charge is 0.323 e. The van der Waals surface area contributed by atoms with Crippen molar-refractivity contribution < 1.29 is 9.53 Å². The van der Waals surface area contributed by atoms with Crippen LogP contribution in [0.2, 0.25) is 0 Å². The van der Waals surface area contributed by atoms with Crippen molar-refractivity contribution in [3.63, 3.8) is 0 Å². The molecular weight excluding hydrogens is 192 g/mol. The molecule has 2 rings (SSSR count). The van der Waals surface area contributed by atoms with Crippen LogP contribution < -0.4 is 5.32 Å². The number of piperidine rings is 1. The van der Waals surface area contributed by atoms with E-state index in [4.69, 9.17) is 4.74 Å². The van der Waals surface area contributed by atoms with Gasteiger partial charge in [-0.2, -0.15) is 0 Å². The van der Waals surface area contributed by atoms with Gasteiger partial charge >= 0.3 is 5.97 Å². The summed E-state index contributed by atoms with van der Waals surface area (Å²) in [6.45, 7) is 3.83. The highest BCUT2D eigenvalue weighted by atomic mass is 16.5. The third kappa shape index (κ3) is 2.69. The molecule has 4 heteroatoms. The molecule has 0 spiro atoms. The number of rotatable bonds is 3. The lowest BCUT2D eigenvalue weighted by Gasteiger charge is -2.29.